The zero-order chi connectivity index (χ0) is 24.8. The molecule has 0 unspecified atom stereocenters. The van der Waals surface area contributed by atoms with E-state index in [-0.39, 0.29) is 0 Å². The molecule has 14 nitrogen and oxygen atoms in total. The Hall–Kier alpha value is -3.78. The lowest BCUT2D eigenvalue weighted by Crippen LogP contribution is -2.36. The van der Waals surface area contributed by atoms with Gasteiger partial charge in [-0.25, -0.2) is 29.1 Å². The van der Waals surface area contributed by atoms with Crippen LogP contribution in [-0.2, 0) is 30.5 Å². The normalized spacial score (nSPS) is 13.1. The molecule has 0 aromatic carbocycles. The third kappa shape index (κ3) is 9.92. The van der Waals surface area contributed by atoms with Gasteiger partial charge in [0.05, 0.1) is 13.2 Å². The van der Waals surface area contributed by atoms with E-state index >= 15 is 0 Å². The summed E-state index contributed by atoms with van der Waals surface area (Å²) in [6, 6.07) is 4.41. The number of fused-ring (bicyclic) bond motifs is 1. The predicted molar refractivity (Wildman–Crippen MR) is 114 cm³/mol. The Labute approximate surface area is 188 Å². The molecule has 3 rings (SSSR count). The number of anilines is 1. The molecule has 0 bridgehead atoms. The number of carbonyl (C=O) groups is 4. The van der Waals surface area contributed by atoms with Gasteiger partial charge in [-0.15, -0.1) is 0 Å². The van der Waals surface area contributed by atoms with E-state index in [0.29, 0.717) is 12.6 Å². The fraction of sp³-hybridized carbons (Fsp3) is 0.474. The minimum Gasteiger partial charge on any atom is -0.473 e. The molecule has 0 saturated carbocycles. The molecular weight excluding hydrogens is 442 g/mol. The lowest BCUT2D eigenvalue weighted by molar-refractivity contribution is -0.159. The molecule has 3 heterocycles. The number of hydrogen-bond donors (Lipinski definition) is 6. The molecule has 0 spiro atoms. The Bertz CT molecular complexity index is 893. The van der Waals surface area contributed by atoms with Crippen molar-refractivity contribution in [3.63, 3.8) is 0 Å². The van der Waals surface area contributed by atoms with E-state index in [4.69, 9.17) is 49.3 Å². The van der Waals surface area contributed by atoms with Gasteiger partial charge in [-0.3, -0.25) is 4.57 Å². The van der Waals surface area contributed by atoms with Crippen molar-refractivity contribution in [2.45, 2.75) is 32.4 Å². The summed E-state index contributed by atoms with van der Waals surface area (Å²) >= 11 is 0. The Balaban J connectivity index is 0.000000377. The summed E-state index contributed by atoms with van der Waals surface area (Å²) in [7, 11) is 0. The van der Waals surface area contributed by atoms with Crippen molar-refractivity contribution in [3.05, 3.63) is 18.3 Å². The van der Waals surface area contributed by atoms with Crippen LogP contribution in [0.1, 0.15) is 19.8 Å². The molecule has 0 radical (unpaired) electrons. The maximum atomic E-state index is 9.10. The summed E-state index contributed by atoms with van der Waals surface area (Å²) in [5.41, 5.74) is 1.86. The minimum atomic E-state index is -1.82. The van der Waals surface area contributed by atoms with E-state index < -0.39 is 23.9 Å². The van der Waals surface area contributed by atoms with Crippen molar-refractivity contribution < 1.29 is 44.3 Å². The van der Waals surface area contributed by atoms with Gasteiger partial charge >= 0.3 is 23.9 Å². The fourth-order valence-electron chi connectivity index (χ4n) is 2.73. The SMILES string of the molecule is CCOCCn1c(NC2CCNCC2)nc2cccnc21.O=C(O)C(=O)O.O=C(O)C(=O)O. The molecule has 14 heteroatoms. The number of pyridine rings is 1. The number of rotatable bonds is 6. The van der Waals surface area contributed by atoms with Crippen LogP contribution in [0.3, 0.4) is 0 Å². The number of nitrogens with one attached hydrogen (secondary N) is 2. The van der Waals surface area contributed by atoms with Gasteiger partial charge in [0.2, 0.25) is 5.95 Å². The highest BCUT2D eigenvalue weighted by Gasteiger charge is 2.17. The van der Waals surface area contributed by atoms with Gasteiger partial charge in [0.25, 0.3) is 0 Å². The smallest absolute Gasteiger partial charge is 0.414 e. The van der Waals surface area contributed by atoms with Crippen LogP contribution in [0.4, 0.5) is 5.95 Å². The van der Waals surface area contributed by atoms with E-state index in [9.17, 15) is 0 Å². The molecule has 1 fully saturated rings. The Morgan fingerprint density at radius 2 is 1.67 bits per heavy atom. The van der Waals surface area contributed by atoms with E-state index in [2.05, 4.69) is 20.2 Å². The summed E-state index contributed by atoms with van der Waals surface area (Å²) in [5, 5.41) is 36.5. The van der Waals surface area contributed by atoms with Crippen LogP contribution in [0.25, 0.3) is 11.2 Å². The largest absolute Gasteiger partial charge is 0.473 e. The number of aromatic nitrogens is 3. The summed E-state index contributed by atoms with van der Waals surface area (Å²) in [5.74, 6) is -6.38. The summed E-state index contributed by atoms with van der Waals surface area (Å²) in [4.78, 5) is 45.6. The van der Waals surface area contributed by atoms with Crippen LogP contribution in [0, 0.1) is 0 Å². The van der Waals surface area contributed by atoms with Gasteiger partial charge in [0.15, 0.2) is 5.65 Å². The maximum Gasteiger partial charge on any atom is 0.414 e. The fourth-order valence-corrected chi connectivity index (χ4v) is 2.73. The molecule has 0 amide bonds. The van der Waals surface area contributed by atoms with Crippen LogP contribution in [0.2, 0.25) is 0 Å². The van der Waals surface area contributed by atoms with E-state index in [0.717, 1.165) is 56.2 Å². The molecular formula is C19H27N5O9. The standard InChI is InChI=1S/C15H23N5O.2C2H2O4/c1-2-21-11-10-20-14-13(4-3-7-17-14)19-15(20)18-12-5-8-16-9-6-12;2*3-1(4)2(5)6/h3-4,7,12,16H,2,5-6,8-11H2,1H3,(H,18,19);2*(H,3,4)(H,5,6). The number of carboxylic acid groups (broad SMARTS) is 4. The summed E-state index contributed by atoms with van der Waals surface area (Å²) in [6.45, 7) is 6.33. The van der Waals surface area contributed by atoms with Crippen LogP contribution in [0.5, 0.6) is 0 Å². The Morgan fingerprint density at radius 3 is 2.18 bits per heavy atom. The maximum absolute atomic E-state index is 9.10. The first-order chi connectivity index (χ1) is 15.7. The van der Waals surface area contributed by atoms with Crippen molar-refractivity contribution in [2.24, 2.45) is 0 Å². The Morgan fingerprint density at radius 1 is 1.09 bits per heavy atom. The van der Waals surface area contributed by atoms with Crippen molar-refractivity contribution in [3.8, 4) is 0 Å². The second kappa shape index (κ2) is 14.3. The zero-order valence-electron chi connectivity index (χ0n) is 17.9. The first-order valence-electron chi connectivity index (χ1n) is 9.96. The number of hydrogen-bond acceptors (Lipinski definition) is 9. The van der Waals surface area contributed by atoms with Crippen molar-refractivity contribution in [2.75, 3.05) is 31.6 Å². The topological polar surface area (TPSA) is 213 Å². The lowest BCUT2D eigenvalue weighted by atomic mass is 10.1. The molecule has 0 atom stereocenters. The number of nitrogens with zero attached hydrogens (tertiary/aromatic N) is 3. The van der Waals surface area contributed by atoms with Crippen molar-refractivity contribution in [1.82, 2.24) is 19.9 Å². The van der Waals surface area contributed by atoms with E-state index in [1.165, 1.54) is 0 Å². The number of imidazole rings is 1. The zero-order valence-corrected chi connectivity index (χ0v) is 17.9. The average Bonchev–Trinajstić information content (AvgIpc) is 3.12. The molecule has 6 N–H and O–H groups in total. The molecule has 182 valence electrons. The van der Waals surface area contributed by atoms with Gasteiger partial charge in [-0.2, -0.15) is 0 Å². The third-order valence-electron chi connectivity index (χ3n) is 4.21. The first-order valence-corrected chi connectivity index (χ1v) is 9.96. The average molecular weight is 469 g/mol. The summed E-state index contributed by atoms with van der Waals surface area (Å²) < 4.78 is 7.62. The van der Waals surface area contributed by atoms with E-state index in [1.54, 1.807) is 0 Å². The van der Waals surface area contributed by atoms with Crippen molar-refractivity contribution in [1.29, 1.82) is 0 Å². The number of ether oxygens (including phenoxy) is 1. The quantitative estimate of drug-likeness (QED) is 0.242. The van der Waals surface area contributed by atoms with Gasteiger partial charge < -0.3 is 35.8 Å². The van der Waals surface area contributed by atoms with Crippen molar-refractivity contribution >= 4 is 41.0 Å². The molecule has 1 aliphatic rings. The highest BCUT2D eigenvalue weighted by atomic mass is 16.5. The highest BCUT2D eigenvalue weighted by Crippen LogP contribution is 2.19. The second-order valence-corrected chi connectivity index (χ2v) is 6.52. The van der Waals surface area contributed by atoms with Crippen LogP contribution in [-0.4, -0.2) is 91.2 Å². The van der Waals surface area contributed by atoms with Gasteiger partial charge in [0.1, 0.15) is 5.52 Å². The molecule has 2 aromatic rings. The second-order valence-electron chi connectivity index (χ2n) is 6.52. The molecule has 0 aliphatic carbocycles. The minimum absolute atomic E-state index is 0.480. The van der Waals surface area contributed by atoms with Crippen LogP contribution in [0.15, 0.2) is 18.3 Å². The van der Waals surface area contributed by atoms with Gasteiger partial charge in [-0.1, -0.05) is 0 Å². The monoisotopic (exact) mass is 469 g/mol. The van der Waals surface area contributed by atoms with Crippen LogP contribution >= 0.6 is 0 Å². The lowest BCUT2D eigenvalue weighted by Gasteiger charge is -2.24. The Kier molecular flexibility index (Phi) is 11.8. The molecule has 2 aromatic heterocycles. The highest BCUT2D eigenvalue weighted by molar-refractivity contribution is 6.27. The molecule has 33 heavy (non-hydrogen) atoms. The number of carboxylic acids is 4. The van der Waals surface area contributed by atoms with Gasteiger partial charge in [-0.05, 0) is 45.0 Å². The van der Waals surface area contributed by atoms with Crippen LogP contribution < -0.4 is 10.6 Å². The van der Waals surface area contributed by atoms with E-state index in [1.807, 2.05) is 25.3 Å². The molecule has 1 aliphatic heterocycles. The summed E-state index contributed by atoms with van der Waals surface area (Å²) in [6.07, 6.45) is 4.07. The first kappa shape index (κ1) is 27.3. The third-order valence-corrected chi connectivity index (χ3v) is 4.21. The number of piperidine rings is 1. The molecule has 1 saturated heterocycles. The predicted octanol–water partition coefficient (Wildman–Crippen LogP) is -0.0571. The van der Waals surface area contributed by atoms with Gasteiger partial charge in [0, 0.05) is 18.8 Å². The number of aliphatic carboxylic acids is 4.